The summed E-state index contributed by atoms with van der Waals surface area (Å²) < 4.78 is 0. The number of hydrogen-bond donors (Lipinski definition) is 1. The van der Waals surface area contributed by atoms with E-state index in [2.05, 4.69) is 17.4 Å². The zero-order valence-corrected chi connectivity index (χ0v) is 17.0. The Hall–Kier alpha value is -2.62. The highest BCUT2D eigenvalue weighted by Gasteiger charge is 2.26. The molecular formula is C23H30N2O2. The lowest BCUT2D eigenvalue weighted by Crippen LogP contribution is -2.48. The second kappa shape index (κ2) is 9.36. The molecule has 0 heterocycles. The molecule has 1 N–H and O–H groups in total. The first-order valence-electron chi connectivity index (χ1n) is 9.50. The fraction of sp³-hybridized carbons (Fsp3) is 0.391. The van der Waals surface area contributed by atoms with Crippen molar-refractivity contribution in [3.05, 3.63) is 70.3 Å². The van der Waals surface area contributed by atoms with Crippen LogP contribution in [0.4, 0.5) is 0 Å². The monoisotopic (exact) mass is 366 g/mol. The quantitative estimate of drug-likeness (QED) is 0.812. The smallest absolute Gasteiger partial charge is 0.242 e. The van der Waals surface area contributed by atoms with Crippen molar-refractivity contribution in [1.82, 2.24) is 10.2 Å². The lowest BCUT2D eigenvalue weighted by molar-refractivity contribution is -0.140. The molecule has 2 aromatic carbocycles. The molecule has 0 fully saturated rings. The fourth-order valence-electron chi connectivity index (χ4n) is 3.17. The second-order valence-corrected chi connectivity index (χ2v) is 7.19. The number of carbonyl (C=O) groups is 2. The summed E-state index contributed by atoms with van der Waals surface area (Å²) in [6, 6.07) is 13.7. The number of nitrogens with one attached hydrogen (secondary N) is 1. The van der Waals surface area contributed by atoms with E-state index in [1.807, 2.05) is 58.0 Å². The van der Waals surface area contributed by atoms with E-state index >= 15 is 0 Å². The molecule has 0 spiro atoms. The van der Waals surface area contributed by atoms with Gasteiger partial charge in [-0.05, 0) is 51.3 Å². The molecule has 0 saturated carbocycles. The first kappa shape index (κ1) is 20.7. The number of benzene rings is 2. The zero-order valence-electron chi connectivity index (χ0n) is 17.0. The van der Waals surface area contributed by atoms with Crippen molar-refractivity contribution in [3.8, 4) is 0 Å². The van der Waals surface area contributed by atoms with E-state index < -0.39 is 6.04 Å². The molecule has 0 radical (unpaired) electrons. The van der Waals surface area contributed by atoms with Crippen LogP contribution in [0.5, 0.6) is 0 Å². The standard InChI is InChI=1S/C23H30N2O2/c1-6-24-23(27)19(5)25(15-20-9-7-8-16(2)12-20)22(26)14-21-13-17(3)10-11-18(21)4/h7-13,19H,6,14-15H2,1-5H3,(H,24,27)/t19-/m1/s1. The van der Waals surface area contributed by atoms with E-state index in [1.165, 1.54) is 0 Å². The highest BCUT2D eigenvalue weighted by atomic mass is 16.2. The van der Waals surface area contributed by atoms with Crippen molar-refractivity contribution in [2.24, 2.45) is 0 Å². The predicted molar refractivity (Wildman–Crippen MR) is 109 cm³/mol. The average Bonchev–Trinajstić information content (AvgIpc) is 2.62. The highest BCUT2D eigenvalue weighted by Crippen LogP contribution is 2.16. The molecule has 0 unspecified atom stereocenters. The number of aryl methyl sites for hydroxylation is 3. The Morgan fingerprint density at radius 3 is 2.41 bits per heavy atom. The van der Waals surface area contributed by atoms with E-state index in [1.54, 1.807) is 11.8 Å². The molecule has 0 aliphatic rings. The van der Waals surface area contributed by atoms with Gasteiger partial charge in [-0.1, -0.05) is 53.6 Å². The SMILES string of the molecule is CCNC(=O)[C@@H](C)N(Cc1cccc(C)c1)C(=O)Cc1cc(C)ccc1C. The van der Waals surface area contributed by atoms with Gasteiger partial charge >= 0.3 is 0 Å². The molecule has 0 bridgehead atoms. The molecule has 0 aliphatic heterocycles. The minimum Gasteiger partial charge on any atom is -0.355 e. The third-order valence-electron chi connectivity index (χ3n) is 4.80. The van der Waals surface area contributed by atoms with Crippen molar-refractivity contribution >= 4 is 11.8 Å². The predicted octanol–water partition coefficient (Wildman–Crippen LogP) is 3.71. The topological polar surface area (TPSA) is 49.4 Å². The van der Waals surface area contributed by atoms with Crippen LogP contribution in [0, 0.1) is 20.8 Å². The number of carbonyl (C=O) groups excluding carboxylic acids is 2. The first-order valence-corrected chi connectivity index (χ1v) is 9.50. The average molecular weight is 367 g/mol. The molecule has 144 valence electrons. The maximum absolute atomic E-state index is 13.2. The van der Waals surface area contributed by atoms with E-state index in [0.29, 0.717) is 19.5 Å². The van der Waals surface area contributed by atoms with Crippen LogP contribution in [0.1, 0.15) is 41.7 Å². The summed E-state index contributed by atoms with van der Waals surface area (Å²) in [6.07, 6.45) is 0.295. The minimum atomic E-state index is -0.525. The Morgan fingerprint density at radius 2 is 1.74 bits per heavy atom. The Balaban J connectivity index is 2.28. The number of nitrogens with zero attached hydrogens (tertiary/aromatic N) is 1. The molecule has 2 amide bonds. The Kier molecular flexibility index (Phi) is 7.17. The van der Waals surface area contributed by atoms with Gasteiger partial charge in [0, 0.05) is 13.1 Å². The summed E-state index contributed by atoms with van der Waals surface area (Å²) in [4.78, 5) is 27.3. The van der Waals surface area contributed by atoms with E-state index in [4.69, 9.17) is 0 Å². The zero-order chi connectivity index (χ0) is 20.0. The van der Waals surface area contributed by atoms with Crippen LogP contribution >= 0.6 is 0 Å². The molecule has 27 heavy (non-hydrogen) atoms. The maximum Gasteiger partial charge on any atom is 0.242 e. The Morgan fingerprint density at radius 1 is 1.04 bits per heavy atom. The molecule has 4 nitrogen and oxygen atoms in total. The largest absolute Gasteiger partial charge is 0.355 e. The van der Waals surface area contributed by atoms with Crippen molar-refractivity contribution in [2.75, 3.05) is 6.54 Å². The van der Waals surface area contributed by atoms with Gasteiger partial charge in [0.2, 0.25) is 11.8 Å². The van der Waals surface area contributed by atoms with Crippen LogP contribution < -0.4 is 5.32 Å². The van der Waals surface area contributed by atoms with Crippen molar-refractivity contribution in [2.45, 2.75) is 53.6 Å². The summed E-state index contributed by atoms with van der Waals surface area (Å²) in [7, 11) is 0. The van der Waals surface area contributed by atoms with Crippen molar-refractivity contribution < 1.29 is 9.59 Å². The van der Waals surface area contributed by atoms with Crippen LogP contribution in [-0.2, 0) is 22.6 Å². The minimum absolute atomic E-state index is 0.0380. The first-order chi connectivity index (χ1) is 12.8. The third kappa shape index (κ3) is 5.68. The molecule has 4 heteroatoms. The maximum atomic E-state index is 13.2. The van der Waals surface area contributed by atoms with E-state index in [0.717, 1.165) is 27.8 Å². The second-order valence-electron chi connectivity index (χ2n) is 7.19. The highest BCUT2D eigenvalue weighted by molar-refractivity contribution is 5.88. The van der Waals surface area contributed by atoms with Gasteiger partial charge in [0.05, 0.1) is 6.42 Å². The summed E-state index contributed by atoms with van der Waals surface area (Å²) in [5, 5.41) is 2.83. The number of likely N-dealkylation sites (N-methyl/N-ethyl adjacent to an activating group) is 1. The summed E-state index contributed by atoms with van der Waals surface area (Å²) in [5.41, 5.74) is 5.40. The molecule has 0 aliphatic carbocycles. The fourth-order valence-corrected chi connectivity index (χ4v) is 3.17. The van der Waals surface area contributed by atoms with Crippen LogP contribution in [0.15, 0.2) is 42.5 Å². The summed E-state index contributed by atoms with van der Waals surface area (Å²) in [6.45, 7) is 10.7. The lowest BCUT2D eigenvalue weighted by atomic mass is 10.0. The van der Waals surface area contributed by atoms with Crippen LogP contribution in [0.2, 0.25) is 0 Å². The Labute approximate surface area is 162 Å². The summed E-state index contributed by atoms with van der Waals surface area (Å²) in [5.74, 6) is -0.163. The van der Waals surface area contributed by atoms with E-state index in [9.17, 15) is 9.59 Å². The Bertz CT molecular complexity index is 814. The van der Waals surface area contributed by atoms with Gasteiger partial charge < -0.3 is 10.2 Å². The number of hydrogen-bond acceptors (Lipinski definition) is 2. The molecule has 0 aromatic heterocycles. The molecule has 1 atom stereocenters. The van der Waals surface area contributed by atoms with Gasteiger partial charge in [0.25, 0.3) is 0 Å². The van der Waals surface area contributed by atoms with Gasteiger partial charge in [0.15, 0.2) is 0 Å². The van der Waals surface area contributed by atoms with Crippen LogP contribution in [-0.4, -0.2) is 29.3 Å². The van der Waals surface area contributed by atoms with Gasteiger partial charge in [-0.3, -0.25) is 9.59 Å². The molecule has 2 aromatic rings. The molecule has 2 rings (SSSR count). The van der Waals surface area contributed by atoms with Crippen molar-refractivity contribution in [1.29, 1.82) is 0 Å². The normalized spacial score (nSPS) is 11.7. The van der Waals surface area contributed by atoms with Crippen LogP contribution in [0.25, 0.3) is 0 Å². The van der Waals surface area contributed by atoms with Crippen molar-refractivity contribution in [3.63, 3.8) is 0 Å². The van der Waals surface area contributed by atoms with Gasteiger partial charge in [-0.15, -0.1) is 0 Å². The van der Waals surface area contributed by atoms with Crippen LogP contribution in [0.3, 0.4) is 0 Å². The third-order valence-corrected chi connectivity index (χ3v) is 4.80. The molecular weight excluding hydrogens is 336 g/mol. The van der Waals surface area contributed by atoms with Gasteiger partial charge in [0.1, 0.15) is 6.04 Å². The van der Waals surface area contributed by atoms with Gasteiger partial charge in [-0.25, -0.2) is 0 Å². The van der Waals surface area contributed by atoms with E-state index in [-0.39, 0.29) is 11.8 Å². The summed E-state index contributed by atoms with van der Waals surface area (Å²) >= 11 is 0. The number of amides is 2. The molecule has 0 saturated heterocycles. The number of rotatable bonds is 7. The van der Waals surface area contributed by atoms with Gasteiger partial charge in [-0.2, -0.15) is 0 Å². The lowest BCUT2D eigenvalue weighted by Gasteiger charge is -2.29.